The molecule has 1 atom stereocenters. The summed E-state index contributed by atoms with van der Waals surface area (Å²) in [5.74, 6) is -0.371. The van der Waals surface area contributed by atoms with Gasteiger partial charge in [-0.15, -0.1) is 0 Å². The van der Waals surface area contributed by atoms with Crippen molar-refractivity contribution in [2.24, 2.45) is 0 Å². The van der Waals surface area contributed by atoms with Crippen LogP contribution < -0.4 is 5.32 Å². The Morgan fingerprint density at radius 3 is 2.33 bits per heavy atom. The Morgan fingerprint density at radius 1 is 1.14 bits per heavy atom. The van der Waals surface area contributed by atoms with Gasteiger partial charge in [0.1, 0.15) is 11.6 Å². The van der Waals surface area contributed by atoms with Crippen LogP contribution in [0.4, 0.5) is 10.1 Å². The van der Waals surface area contributed by atoms with Crippen molar-refractivity contribution in [1.29, 1.82) is 0 Å². The van der Waals surface area contributed by atoms with Crippen molar-refractivity contribution in [2.75, 3.05) is 11.6 Å². The van der Waals surface area contributed by atoms with Crippen LogP contribution in [0.1, 0.15) is 18.5 Å². The van der Waals surface area contributed by atoms with Crippen LogP contribution in [-0.2, 0) is 9.84 Å². The molecular formula is C15H16FNO3S. The third kappa shape index (κ3) is 3.72. The van der Waals surface area contributed by atoms with E-state index in [0.717, 1.165) is 17.9 Å². The highest BCUT2D eigenvalue weighted by Gasteiger charge is 2.13. The molecule has 112 valence electrons. The average Bonchev–Trinajstić information content (AvgIpc) is 2.40. The largest absolute Gasteiger partial charge is 0.508 e. The van der Waals surface area contributed by atoms with Crippen LogP contribution in [0, 0.1) is 5.82 Å². The number of anilines is 1. The Hall–Kier alpha value is -2.08. The summed E-state index contributed by atoms with van der Waals surface area (Å²) in [4.78, 5) is 0.0595. The molecule has 21 heavy (non-hydrogen) atoms. The van der Waals surface area contributed by atoms with Gasteiger partial charge in [-0.1, -0.05) is 12.1 Å². The Bertz CT molecular complexity index is 742. The molecule has 0 saturated carbocycles. The summed E-state index contributed by atoms with van der Waals surface area (Å²) in [5, 5.41) is 12.2. The van der Waals surface area contributed by atoms with E-state index < -0.39 is 15.7 Å². The summed E-state index contributed by atoms with van der Waals surface area (Å²) in [6.45, 7) is 1.82. The maximum absolute atomic E-state index is 13.8. The first-order valence-electron chi connectivity index (χ1n) is 6.32. The molecule has 2 aromatic rings. The number of sulfone groups is 1. The van der Waals surface area contributed by atoms with E-state index in [-0.39, 0.29) is 22.4 Å². The summed E-state index contributed by atoms with van der Waals surface area (Å²) >= 11 is 0. The maximum atomic E-state index is 13.8. The van der Waals surface area contributed by atoms with Gasteiger partial charge < -0.3 is 10.4 Å². The first-order valence-corrected chi connectivity index (χ1v) is 8.21. The van der Waals surface area contributed by atoms with Crippen molar-refractivity contribution < 1.29 is 17.9 Å². The zero-order valence-corrected chi connectivity index (χ0v) is 12.5. The summed E-state index contributed by atoms with van der Waals surface area (Å²) in [6.07, 6.45) is 1.08. The molecule has 0 radical (unpaired) electrons. The molecule has 0 fully saturated rings. The average molecular weight is 309 g/mol. The number of phenols is 1. The number of aromatic hydroxyl groups is 1. The second-order valence-corrected chi connectivity index (χ2v) is 6.89. The molecule has 6 heteroatoms. The van der Waals surface area contributed by atoms with E-state index >= 15 is 0 Å². The van der Waals surface area contributed by atoms with E-state index in [1.165, 1.54) is 24.3 Å². The van der Waals surface area contributed by atoms with Gasteiger partial charge in [-0.3, -0.25) is 0 Å². The fraction of sp³-hybridized carbons (Fsp3) is 0.200. The highest BCUT2D eigenvalue weighted by molar-refractivity contribution is 7.90. The smallest absolute Gasteiger partial charge is 0.175 e. The van der Waals surface area contributed by atoms with E-state index in [0.29, 0.717) is 0 Å². The summed E-state index contributed by atoms with van der Waals surface area (Å²) < 4.78 is 36.8. The van der Waals surface area contributed by atoms with Crippen molar-refractivity contribution in [3.63, 3.8) is 0 Å². The first-order chi connectivity index (χ1) is 9.77. The van der Waals surface area contributed by atoms with Gasteiger partial charge in [0.25, 0.3) is 0 Å². The lowest BCUT2D eigenvalue weighted by Crippen LogP contribution is -2.09. The lowest BCUT2D eigenvalue weighted by atomic mass is 10.1. The summed E-state index contributed by atoms with van der Waals surface area (Å²) in [6, 6.07) is 9.91. The van der Waals surface area contributed by atoms with E-state index in [1.54, 1.807) is 12.1 Å². The molecule has 2 rings (SSSR count). The minimum absolute atomic E-state index is 0.0595. The molecular weight excluding hydrogens is 293 g/mol. The SMILES string of the molecule is CC(Nc1cc(S(C)(=O)=O)ccc1F)c1ccc(O)cc1. The number of halogens is 1. The standard InChI is InChI=1S/C15H16FNO3S/c1-10(11-3-5-12(18)6-4-11)17-15-9-13(21(2,19)20)7-8-14(15)16/h3-10,17-18H,1-2H3. The molecule has 2 N–H and O–H groups in total. The zero-order valence-electron chi connectivity index (χ0n) is 11.7. The number of rotatable bonds is 4. The quantitative estimate of drug-likeness (QED) is 0.852. The molecule has 2 aromatic carbocycles. The topological polar surface area (TPSA) is 66.4 Å². The van der Waals surface area contributed by atoms with Crippen molar-refractivity contribution >= 4 is 15.5 Å². The van der Waals surface area contributed by atoms with Gasteiger partial charge in [0.15, 0.2) is 9.84 Å². The third-order valence-corrected chi connectivity index (χ3v) is 4.24. The van der Waals surface area contributed by atoms with Gasteiger partial charge in [-0.05, 0) is 42.8 Å². The Kier molecular flexibility index (Phi) is 4.18. The minimum atomic E-state index is -3.39. The Balaban J connectivity index is 2.28. The minimum Gasteiger partial charge on any atom is -0.508 e. The van der Waals surface area contributed by atoms with Crippen molar-refractivity contribution in [2.45, 2.75) is 17.9 Å². The second kappa shape index (κ2) is 5.73. The van der Waals surface area contributed by atoms with Gasteiger partial charge in [0.05, 0.1) is 10.6 Å². The molecule has 0 aromatic heterocycles. The van der Waals surface area contributed by atoms with Gasteiger partial charge in [-0.2, -0.15) is 0 Å². The first kappa shape index (κ1) is 15.3. The van der Waals surface area contributed by atoms with E-state index in [2.05, 4.69) is 5.32 Å². The molecule has 0 aliphatic heterocycles. The second-order valence-electron chi connectivity index (χ2n) is 4.87. The molecule has 1 unspecified atom stereocenters. The summed E-state index contributed by atoms with van der Waals surface area (Å²) in [7, 11) is -3.39. The van der Waals surface area contributed by atoms with E-state index in [1.807, 2.05) is 6.92 Å². The Labute approximate surface area is 123 Å². The molecule has 0 spiro atoms. The monoisotopic (exact) mass is 309 g/mol. The number of hydrogen-bond acceptors (Lipinski definition) is 4. The van der Waals surface area contributed by atoms with Crippen LogP contribution in [-0.4, -0.2) is 19.8 Å². The molecule has 0 heterocycles. The predicted octanol–water partition coefficient (Wildman–Crippen LogP) is 3.11. The molecule has 0 saturated heterocycles. The lowest BCUT2D eigenvalue weighted by Gasteiger charge is -2.17. The van der Waals surface area contributed by atoms with E-state index in [4.69, 9.17) is 0 Å². The van der Waals surface area contributed by atoms with Crippen molar-refractivity contribution in [1.82, 2.24) is 0 Å². The summed E-state index contributed by atoms with van der Waals surface area (Å²) in [5.41, 5.74) is 0.968. The van der Waals surface area contributed by atoms with Crippen LogP contribution in [0.3, 0.4) is 0 Å². The Morgan fingerprint density at radius 2 is 1.76 bits per heavy atom. The van der Waals surface area contributed by atoms with Crippen LogP contribution in [0.2, 0.25) is 0 Å². The number of phenolic OH excluding ortho intramolecular Hbond substituents is 1. The molecule has 0 amide bonds. The van der Waals surface area contributed by atoms with Crippen molar-refractivity contribution in [3.8, 4) is 5.75 Å². The maximum Gasteiger partial charge on any atom is 0.175 e. The van der Waals surface area contributed by atoms with Crippen LogP contribution in [0.15, 0.2) is 47.4 Å². The van der Waals surface area contributed by atoms with Gasteiger partial charge in [-0.25, -0.2) is 12.8 Å². The van der Waals surface area contributed by atoms with Gasteiger partial charge in [0, 0.05) is 12.3 Å². The fourth-order valence-corrected chi connectivity index (χ4v) is 2.57. The number of nitrogens with one attached hydrogen (secondary N) is 1. The fourth-order valence-electron chi connectivity index (χ4n) is 1.93. The number of hydrogen-bond donors (Lipinski definition) is 2. The number of benzene rings is 2. The third-order valence-electron chi connectivity index (χ3n) is 3.13. The van der Waals surface area contributed by atoms with Crippen molar-refractivity contribution in [3.05, 3.63) is 53.8 Å². The van der Waals surface area contributed by atoms with Gasteiger partial charge >= 0.3 is 0 Å². The highest BCUT2D eigenvalue weighted by atomic mass is 32.2. The molecule has 0 bridgehead atoms. The van der Waals surface area contributed by atoms with Crippen LogP contribution in [0.25, 0.3) is 0 Å². The van der Waals surface area contributed by atoms with Gasteiger partial charge in [0.2, 0.25) is 0 Å². The predicted molar refractivity (Wildman–Crippen MR) is 79.7 cm³/mol. The van der Waals surface area contributed by atoms with Crippen LogP contribution in [0.5, 0.6) is 5.75 Å². The molecule has 4 nitrogen and oxygen atoms in total. The lowest BCUT2D eigenvalue weighted by molar-refractivity contribution is 0.475. The van der Waals surface area contributed by atoms with E-state index in [9.17, 15) is 17.9 Å². The molecule has 0 aliphatic carbocycles. The van der Waals surface area contributed by atoms with Crippen LogP contribution >= 0.6 is 0 Å². The normalized spacial score (nSPS) is 12.9. The zero-order chi connectivity index (χ0) is 15.6. The highest BCUT2D eigenvalue weighted by Crippen LogP contribution is 2.25. The molecule has 0 aliphatic rings.